The van der Waals surface area contributed by atoms with Gasteiger partial charge in [-0.2, -0.15) is 0 Å². The summed E-state index contributed by atoms with van der Waals surface area (Å²) in [5.74, 6) is 0.688. The lowest BCUT2D eigenvalue weighted by molar-refractivity contribution is -0.723. The molecule has 1 aromatic carbocycles. The van der Waals surface area contributed by atoms with E-state index < -0.39 is 0 Å². The van der Waals surface area contributed by atoms with E-state index in [0.29, 0.717) is 36.9 Å². The molecule has 0 bridgehead atoms. The average Bonchev–Trinajstić information content (AvgIpc) is 3.09. The first-order chi connectivity index (χ1) is 15.7. The van der Waals surface area contributed by atoms with Crippen molar-refractivity contribution in [2.75, 3.05) is 18.9 Å². The molecule has 0 amide bonds. The SMILES string of the molecule is CCCCCOc1ccc2n[n+](CC(=O)c3cc(COCC)cc(C(C)(C)C)c3)c(N)n2n1. The molecule has 0 saturated carbocycles. The molecule has 0 fully saturated rings. The second-order valence-electron chi connectivity index (χ2n) is 9.24. The zero-order chi connectivity index (χ0) is 24.0. The predicted molar refractivity (Wildman–Crippen MR) is 127 cm³/mol. The molecular weight excluding hydrogens is 418 g/mol. The molecule has 0 aliphatic carbocycles. The fourth-order valence-corrected chi connectivity index (χ4v) is 3.47. The Hall–Kier alpha value is -3.00. The van der Waals surface area contributed by atoms with Crippen molar-refractivity contribution >= 4 is 17.4 Å². The Morgan fingerprint density at radius 2 is 1.94 bits per heavy atom. The van der Waals surface area contributed by atoms with E-state index in [1.807, 2.05) is 19.1 Å². The van der Waals surface area contributed by atoms with Gasteiger partial charge in [0.1, 0.15) is 0 Å². The number of rotatable bonds is 11. The molecule has 8 heteroatoms. The van der Waals surface area contributed by atoms with Crippen LogP contribution in [-0.4, -0.2) is 33.7 Å². The Kier molecular flexibility index (Phi) is 8.02. The Labute approximate surface area is 195 Å². The molecular formula is C25H36N5O3+. The molecule has 33 heavy (non-hydrogen) atoms. The average molecular weight is 455 g/mol. The quantitative estimate of drug-likeness (QED) is 0.268. The molecule has 0 aliphatic heterocycles. The number of nitrogens with two attached hydrogens (primary N) is 1. The van der Waals surface area contributed by atoms with E-state index in [1.54, 1.807) is 12.1 Å². The summed E-state index contributed by atoms with van der Waals surface area (Å²) >= 11 is 0. The summed E-state index contributed by atoms with van der Waals surface area (Å²) in [5.41, 5.74) is 9.43. The number of carbonyl (C=O) groups excluding carboxylic acids is 1. The van der Waals surface area contributed by atoms with Crippen LogP contribution >= 0.6 is 0 Å². The van der Waals surface area contributed by atoms with Crippen LogP contribution in [0.5, 0.6) is 5.88 Å². The number of nitrogens with zero attached hydrogens (tertiary/aromatic N) is 4. The number of unbranched alkanes of at least 4 members (excludes halogenated alkanes) is 2. The molecule has 0 atom stereocenters. The topological polar surface area (TPSA) is 95.6 Å². The molecule has 0 spiro atoms. The van der Waals surface area contributed by atoms with E-state index in [2.05, 4.69) is 44.0 Å². The summed E-state index contributed by atoms with van der Waals surface area (Å²) < 4.78 is 14.3. The van der Waals surface area contributed by atoms with Crippen molar-refractivity contribution in [3.8, 4) is 5.88 Å². The predicted octanol–water partition coefficient (Wildman–Crippen LogP) is 3.88. The molecule has 2 heterocycles. The van der Waals surface area contributed by atoms with Crippen LogP contribution in [0.1, 0.15) is 75.4 Å². The summed E-state index contributed by atoms with van der Waals surface area (Å²) in [6.07, 6.45) is 3.22. The summed E-state index contributed by atoms with van der Waals surface area (Å²) in [5, 5.41) is 8.89. The van der Waals surface area contributed by atoms with Gasteiger partial charge in [-0.1, -0.05) is 61.3 Å². The minimum absolute atomic E-state index is 0.0174. The number of ketones is 1. The molecule has 2 aromatic heterocycles. The number of Topliss-reactive ketones (excluding diaryl/α,β-unsaturated/α-hetero) is 1. The number of aromatic nitrogens is 4. The Bertz CT molecular complexity index is 1100. The van der Waals surface area contributed by atoms with Gasteiger partial charge in [-0.15, -0.1) is 4.68 Å². The van der Waals surface area contributed by atoms with E-state index >= 15 is 0 Å². The lowest BCUT2D eigenvalue weighted by Crippen LogP contribution is -2.42. The molecule has 0 saturated heterocycles. The number of hydrogen-bond acceptors (Lipinski definition) is 6. The van der Waals surface area contributed by atoms with Crippen molar-refractivity contribution < 1.29 is 19.0 Å². The molecule has 2 N–H and O–H groups in total. The number of carbonyl (C=O) groups is 1. The van der Waals surface area contributed by atoms with Crippen LogP contribution in [0.25, 0.3) is 5.65 Å². The molecule has 0 unspecified atom stereocenters. The van der Waals surface area contributed by atoms with Gasteiger partial charge in [-0.05, 0) is 42.0 Å². The van der Waals surface area contributed by atoms with E-state index in [9.17, 15) is 4.79 Å². The lowest BCUT2D eigenvalue weighted by Gasteiger charge is -2.21. The first-order valence-electron chi connectivity index (χ1n) is 11.7. The van der Waals surface area contributed by atoms with Gasteiger partial charge >= 0.3 is 5.95 Å². The summed E-state index contributed by atoms with van der Waals surface area (Å²) in [4.78, 5) is 13.2. The third-order valence-corrected chi connectivity index (χ3v) is 5.44. The van der Waals surface area contributed by atoms with Gasteiger partial charge in [0.2, 0.25) is 5.88 Å². The standard InChI is InChI=1S/C25H35N5O3/c1-6-8-9-12-33-23-11-10-22-27-29(24(26)30(22)28-23)16-21(31)19-13-18(17-32-7-2)14-20(15-19)25(3,4)5/h10-11,13-15,26H,6-9,12,16-17H2,1-5H3/p+1. The third-order valence-electron chi connectivity index (χ3n) is 5.44. The fourth-order valence-electron chi connectivity index (χ4n) is 3.47. The number of fused-ring (bicyclic) bond motifs is 1. The Morgan fingerprint density at radius 3 is 2.64 bits per heavy atom. The van der Waals surface area contributed by atoms with Crippen molar-refractivity contribution in [2.24, 2.45) is 0 Å². The minimum atomic E-state index is -0.0933. The number of benzene rings is 1. The summed E-state index contributed by atoms with van der Waals surface area (Å²) in [6, 6.07) is 9.50. The van der Waals surface area contributed by atoms with Crippen LogP contribution in [0.3, 0.4) is 0 Å². The second kappa shape index (κ2) is 10.7. The van der Waals surface area contributed by atoms with Crippen LogP contribution in [0.2, 0.25) is 0 Å². The second-order valence-corrected chi connectivity index (χ2v) is 9.24. The first-order valence-corrected chi connectivity index (χ1v) is 11.7. The van der Waals surface area contributed by atoms with Gasteiger partial charge in [0, 0.05) is 24.3 Å². The van der Waals surface area contributed by atoms with Crippen molar-refractivity contribution in [3.05, 3.63) is 47.0 Å². The maximum absolute atomic E-state index is 13.2. The van der Waals surface area contributed by atoms with Crippen LogP contribution < -0.4 is 15.2 Å². The van der Waals surface area contributed by atoms with E-state index in [-0.39, 0.29) is 23.7 Å². The van der Waals surface area contributed by atoms with Gasteiger partial charge < -0.3 is 9.47 Å². The van der Waals surface area contributed by atoms with E-state index in [4.69, 9.17) is 15.2 Å². The molecule has 0 radical (unpaired) electrons. The minimum Gasteiger partial charge on any atom is -0.476 e. The third kappa shape index (κ3) is 6.28. The van der Waals surface area contributed by atoms with Crippen LogP contribution in [0.15, 0.2) is 30.3 Å². The summed E-state index contributed by atoms with van der Waals surface area (Å²) in [6.45, 7) is 12.2. The van der Waals surface area contributed by atoms with E-state index in [1.165, 1.54) is 9.20 Å². The molecule has 178 valence electrons. The number of ether oxygens (including phenoxy) is 2. The summed E-state index contributed by atoms with van der Waals surface area (Å²) in [7, 11) is 0. The highest BCUT2D eigenvalue weighted by molar-refractivity contribution is 5.95. The zero-order valence-electron chi connectivity index (χ0n) is 20.4. The lowest BCUT2D eigenvalue weighted by atomic mass is 9.84. The van der Waals surface area contributed by atoms with Gasteiger partial charge in [0.25, 0.3) is 5.65 Å². The highest BCUT2D eigenvalue weighted by atomic mass is 16.5. The van der Waals surface area contributed by atoms with Crippen LogP contribution in [-0.2, 0) is 23.3 Å². The maximum atomic E-state index is 13.2. The number of anilines is 1. The van der Waals surface area contributed by atoms with Crippen molar-refractivity contribution in [1.29, 1.82) is 0 Å². The number of nitrogen functional groups attached to an aromatic ring is 1. The number of hydrogen-bond donors (Lipinski definition) is 1. The van der Waals surface area contributed by atoms with Crippen LogP contribution in [0.4, 0.5) is 5.95 Å². The maximum Gasteiger partial charge on any atom is 0.401 e. The van der Waals surface area contributed by atoms with Gasteiger partial charge in [-0.3, -0.25) is 10.5 Å². The smallest absolute Gasteiger partial charge is 0.401 e. The molecule has 3 rings (SSSR count). The van der Waals surface area contributed by atoms with Gasteiger partial charge in [-0.25, -0.2) is 0 Å². The molecule has 3 aromatic rings. The Balaban J connectivity index is 1.83. The largest absolute Gasteiger partial charge is 0.476 e. The van der Waals surface area contributed by atoms with Crippen molar-refractivity contribution in [1.82, 2.24) is 14.7 Å². The molecule has 8 nitrogen and oxygen atoms in total. The first kappa shape index (κ1) is 24.6. The van der Waals surface area contributed by atoms with Crippen LogP contribution in [0, 0.1) is 0 Å². The zero-order valence-corrected chi connectivity index (χ0v) is 20.4. The van der Waals surface area contributed by atoms with Gasteiger partial charge in [0.05, 0.1) is 13.2 Å². The van der Waals surface area contributed by atoms with Crippen molar-refractivity contribution in [3.63, 3.8) is 0 Å². The van der Waals surface area contributed by atoms with Crippen molar-refractivity contribution in [2.45, 2.75) is 72.4 Å². The fraction of sp³-hybridized carbons (Fsp3) is 0.520. The molecule has 0 aliphatic rings. The highest BCUT2D eigenvalue weighted by Crippen LogP contribution is 2.25. The van der Waals surface area contributed by atoms with E-state index in [0.717, 1.165) is 30.4 Å². The van der Waals surface area contributed by atoms with Gasteiger partial charge in [0.15, 0.2) is 12.3 Å². The normalized spacial score (nSPS) is 11.8. The monoisotopic (exact) mass is 454 g/mol. The Morgan fingerprint density at radius 1 is 1.15 bits per heavy atom. The highest BCUT2D eigenvalue weighted by Gasteiger charge is 2.23.